The van der Waals surface area contributed by atoms with Gasteiger partial charge in [0.2, 0.25) is 0 Å². The molecule has 112 valence electrons. The van der Waals surface area contributed by atoms with Crippen molar-refractivity contribution in [3.8, 4) is 0 Å². The van der Waals surface area contributed by atoms with Gasteiger partial charge in [-0.3, -0.25) is 0 Å². The maximum absolute atomic E-state index is 13.8. The molecule has 1 aliphatic carbocycles. The van der Waals surface area contributed by atoms with Crippen molar-refractivity contribution >= 4 is 15.9 Å². The van der Waals surface area contributed by atoms with Crippen LogP contribution in [0.4, 0.5) is 8.78 Å². The fraction of sp³-hybridized carbons (Fsp3) is 0.625. The Balaban J connectivity index is 2.34. The lowest BCUT2D eigenvalue weighted by Crippen LogP contribution is -2.33. The van der Waals surface area contributed by atoms with E-state index in [2.05, 4.69) is 28.2 Å². The van der Waals surface area contributed by atoms with Crippen LogP contribution >= 0.6 is 15.9 Å². The summed E-state index contributed by atoms with van der Waals surface area (Å²) in [7, 11) is 1.90. The van der Waals surface area contributed by atoms with Crippen LogP contribution in [0.3, 0.4) is 0 Å². The number of hydrogen-bond acceptors (Lipinski definition) is 1. The molecule has 0 spiro atoms. The average Bonchev–Trinajstić information content (AvgIpc) is 2.48. The second-order valence-corrected chi connectivity index (χ2v) is 6.44. The van der Waals surface area contributed by atoms with Crippen molar-refractivity contribution < 1.29 is 8.78 Å². The largest absolute Gasteiger partial charge is 0.313 e. The molecular weight excluding hydrogens is 324 g/mol. The van der Waals surface area contributed by atoms with Crippen LogP contribution in [-0.2, 0) is 0 Å². The third-order valence-electron chi connectivity index (χ3n) is 4.63. The summed E-state index contributed by atoms with van der Waals surface area (Å²) in [4.78, 5) is 0. The highest BCUT2D eigenvalue weighted by Crippen LogP contribution is 2.42. The van der Waals surface area contributed by atoms with Crippen LogP contribution in [0.15, 0.2) is 16.6 Å². The Morgan fingerprint density at radius 2 is 2.00 bits per heavy atom. The van der Waals surface area contributed by atoms with Crippen LogP contribution in [0.25, 0.3) is 0 Å². The maximum Gasteiger partial charge on any atom is 0.173 e. The molecule has 1 aromatic rings. The normalized spacial score (nSPS) is 24.6. The number of halogens is 3. The number of hydrogen-bond donors (Lipinski definition) is 1. The Labute approximate surface area is 128 Å². The van der Waals surface area contributed by atoms with Gasteiger partial charge in [-0.15, -0.1) is 0 Å². The predicted octanol–water partition coefficient (Wildman–Crippen LogP) is 5.20. The molecule has 3 atom stereocenters. The highest BCUT2D eigenvalue weighted by Gasteiger charge is 2.32. The summed E-state index contributed by atoms with van der Waals surface area (Å²) in [5.41, 5.74) is 0.830. The number of benzene rings is 1. The van der Waals surface area contributed by atoms with E-state index in [-0.39, 0.29) is 10.5 Å². The summed E-state index contributed by atoms with van der Waals surface area (Å²) < 4.78 is 27.3. The summed E-state index contributed by atoms with van der Waals surface area (Å²) in [6.45, 7) is 2.22. The zero-order chi connectivity index (χ0) is 14.7. The molecular formula is C16H22BrF2N. The molecule has 1 fully saturated rings. The van der Waals surface area contributed by atoms with E-state index in [0.717, 1.165) is 18.4 Å². The first-order valence-corrected chi connectivity index (χ1v) is 8.20. The van der Waals surface area contributed by atoms with Gasteiger partial charge >= 0.3 is 0 Å². The minimum Gasteiger partial charge on any atom is -0.313 e. The third-order valence-corrected chi connectivity index (χ3v) is 5.44. The lowest BCUT2D eigenvalue weighted by Gasteiger charge is -2.37. The van der Waals surface area contributed by atoms with Crippen molar-refractivity contribution in [3.63, 3.8) is 0 Å². The zero-order valence-electron chi connectivity index (χ0n) is 12.1. The van der Waals surface area contributed by atoms with Crippen LogP contribution in [0.5, 0.6) is 0 Å². The summed E-state index contributed by atoms with van der Waals surface area (Å²) in [6.07, 6.45) is 6.03. The van der Waals surface area contributed by atoms with E-state index in [1.807, 2.05) is 7.05 Å². The van der Waals surface area contributed by atoms with E-state index in [1.165, 1.54) is 25.3 Å². The standard InChI is InChI=1S/C16H22BrF2N/c1-3-10-6-4-5-7-11(10)16(20-2)12-8-9-13(18)15(19)14(12)17/h8-11,16,20H,3-7H2,1-2H3. The maximum atomic E-state index is 13.8. The fourth-order valence-electron chi connectivity index (χ4n) is 3.56. The van der Waals surface area contributed by atoms with Crippen LogP contribution < -0.4 is 5.32 Å². The summed E-state index contributed by atoms with van der Waals surface area (Å²) in [5.74, 6) is -0.445. The van der Waals surface area contributed by atoms with Crippen molar-refractivity contribution in [1.29, 1.82) is 0 Å². The summed E-state index contributed by atoms with van der Waals surface area (Å²) in [5, 5.41) is 3.32. The van der Waals surface area contributed by atoms with Crippen molar-refractivity contribution in [1.82, 2.24) is 5.32 Å². The predicted molar refractivity (Wildman–Crippen MR) is 81.6 cm³/mol. The van der Waals surface area contributed by atoms with E-state index in [0.29, 0.717) is 11.8 Å². The first kappa shape index (κ1) is 15.9. The van der Waals surface area contributed by atoms with Crippen molar-refractivity contribution in [2.24, 2.45) is 11.8 Å². The van der Waals surface area contributed by atoms with E-state index in [4.69, 9.17) is 0 Å². The van der Waals surface area contributed by atoms with Gasteiger partial charge in [0.25, 0.3) is 0 Å². The monoisotopic (exact) mass is 345 g/mol. The molecule has 0 amide bonds. The number of nitrogens with one attached hydrogen (secondary N) is 1. The van der Waals surface area contributed by atoms with Crippen LogP contribution in [0, 0.1) is 23.5 Å². The fourth-order valence-corrected chi connectivity index (χ4v) is 4.13. The van der Waals surface area contributed by atoms with Gasteiger partial charge in [-0.1, -0.05) is 38.7 Å². The SMILES string of the molecule is CCC1CCCCC1C(NC)c1ccc(F)c(F)c1Br. The topological polar surface area (TPSA) is 12.0 Å². The van der Waals surface area contributed by atoms with Gasteiger partial charge < -0.3 is 5.32 Å². The Morgan fingerprint density at radius 1 is 1.30 bits per heavy atom. The molecule has 1 aliphatic rings. The molecule has 0 saturated heterocycles. The van der Waals surface area contributed by atoms with Crippen LogP contribution in [0.2, 0.25) is 0 Å². The van der Waals surface area contributed by atoms with Gasteiger partial charge in [-0.25, -0.2) is 8.78 Å². The van der Waals surface area contributed by atoms with Gasteiger partial charge in [0.15, 0.2) is 11.6 Å². The molecule has 1 aromatic carbocycles. The minimum absolute atomic E-state index is 0.0738. The lowest BCUT2D eigenvalue weighted by molar-refractivity contribution is 0.180. The highest BCUT2D eigenvalue weighted by atomic mass is 79.9. The van der Waals surface area contributed by atoms with E-state index in [9.17, 15) is 8.78 Å². The van der Waals surface area contributed by atoms with Gasteiger partial charge in [0, 0.05) is 6.04 Å². The first-order chi connectivity index (χ1) is 9.60. The highest BCUT2D eigenvalue weighted by molar-refractivity contribution is 9.10. The Morgan fingerprint density at radius 3 is 2.65 bits per heavy atom. The molecule has 0 aromatic heterocycles. The van der Waals surface area contributed by atoms with Gasteiger partial charge in [-0.05, 0) is 52.9 Å². The molecule has 0 aliphatic heterocycles. The molecule has 4 heteroatoms. The zero-order valence-corrected chi connectivity index (χ0v) is 13.6. The second-order valence-electron chi connectivity index (χ2n) is 5.65. The smallest absolute Gasteiger partial charge is 0.173 e. The van der Waals surface area contributed by atoms with Gasteiger partial charge in [0.1, 0.15) is 0 Å². The summed E-state index contributed by atoms with van der Waals surface area (Å²) >= 11 is 3.23. The van der Waals surface area contributed by atoms with E-state index in [1.54, 1.807) is 6.07 Å². The molecule has 0 bridgehead atoms. The summed E-state index contributed by atoms with van der Waals surface area (Å²) in [6, 6.07) is 3.00. The van der Waals surface area contributed by atoms with Crippen LogP contribution in [-0.4, -0.2) is 7.05 Å². The van der Waals surface area contributed by atoms with Gasteiger partial charge in [-0.2, -0.15) is 0 Å². The molecule has 20 heavy (non-hydrogen) atoms. The average molecular weight is 346 g/mol. The minimum atomic E-state index is -0.800. The van der Waals surface area contributed by atoms with Crippen LogP contribution in [0.1, 0.15) is 50.6 Å². The number of rotatable bonds is 4. The molecule has 3 unspecified atom stereocenters. The molecule has 0 radical (unpaired) electrons. The quantitative estimate of drug-likeness (QED) is 0.739. The molecule has 2 rings (SSSR count). The first-order valence-electron chi connectivity index (χ1n) is 7.40. The molecule has 1 nitrogen and oxygen atoms in total. The van der Waals surface area contributed by atoms with Crippen molar-refractivity contribution in [2.45, 2.75) is 45.1 Å². The second kappa shape index (κ2) is 6.99. The van der Waals surface area contributed by atoms with Crippen molar-refractivity contribution in [3.05, 3.63) is 33.8 Å². The Bertz CT molecular complexity index is 464. The lowest BCUT2D eigenvalue weighted by atomic mass is 9.72. The molecule has 1 N–H and O–H groups in total. The van der Waals surface area contributed by atoms with Crippen molar-refractivity contribution in [2.75, 3.05) is 7.05 Å². The Hall–Kier alpha value is -0.480. The van der Waals surface area contributed by atoms with E-state index >= 15 is 0 Å². The third kappa shape index (κ3) is 3.06. The molecule has 1 saturated carbocycles. The van der Waals surface area contributed by atoms with E-state index < -0.39 is 11.6 Å². The molecule has 0 heterocycles. The van der Waals surface area contributed by atoms with Gasteiger partial charge in [0.05, 0.1) is 4.47 Å². The Kier molecular flexibility index (Phi) is 5.56.